The van der Waals surface area contributed by atoms with Gasteiger partial charge in [0.15, 0.2) is 0 Å². The van der Waals surface area contributed by atoms with Crippen LogP contribution in [0.3, 0.4) is 0 Å². The topological polar surface area (TPSA) is 96.0 Å². The maximum atomic E-state index is 14.7. The zero-order valence-electron chi connectivity index (χ0n) is 28.1. The van der Waals surface area contributed by atoms with Gasteiger partial charge in [-0.1, -0.05) is 79.4 Å². The fraction of sp³-hybridized carbons (Fsp3) is 0.333. The van der Waals surface area contributed by atoms with Crippen LogP contribution in [0.1, 0.15) is 55.7 Å². The van der Waals surface area contributed by atoms with Crippen molar-refractivity contribution in [3.63, 3.8) is 0 Å². The van der Waals surface area contributed by atoms with Crippen LogP contribution in [0, 0.1) is 12.7 Å². The molecule has 0 spiro atoms. The van der Waals surface area contributed by atoms with Crippen molar-refractivity contribution < 1.29 is 27.1 Å². The smallest absolute Gasteiger partial charge is 0.264 e. The van der Waals surface area contributed by atoms with Crippen molar-refractivity contribution in [3.05, 3.63) is 126 Å². The van der Waals surface area contributed by atoms with E-state index < -0.39 is 34.3 Å². The number of benzene rings is 4. The van der Waals surface area contributed by atoms with E-state index in [1.54, 1.807) is 48.5 Å². The number of carbonyl (C=O) groups excluding carboxylic acids is 2. The first-order valence-electron chi connectivity index (χ1n) is 16.8. The van der Waals surface area contributed by atoms with Crippen molar-refractivity contribution in [2.75, 3.05) is 17.5 Å². The van der Waals surface area contributed by atoms with Crippen LogP contribution in [0.4, 0.5) is 10.1 Å². The predicted octanol–water partition coefficient (Wildman–Crippen LogP) is 6.82. The monoisotopic (exact) mass is 685 g/mol. The molecule has 0 heterocycles. The molecule has 1 fully saturated rings. The third kappa shape index (κ3) is 9.47. The van der Waals surface area contributed by atoms with E-state index >= 15 is 0 Å². The molecule has 0 radical (unpaired) electrons. The Hall–Kier alpha value is -4.70. The van der Waals surface area contributed by atoms with Gasteiger partial charge in [-0.25, -0.2) is 12.8 Å². The summed E-state index contributed by atoms with van der Waals surface area (Å²) in [6, 6.07) is 27.2. The Bertz CT molecular complexity index is 1780. The molecular weight excluding hydrogens is 642 g/mol. The van der Waals surface area contributed by atoms with Gasteiger partial charge in [-0.2, -0.15) is 0 Å². The Kier molecular flexibility index (Phi) is 12.1. The average molecular weight is 686 g/mol. The number of rotatable bonds is 14. The number of nitrogens with zero attached hydrogens (tertiary/aromatic N) is 2. The Labute approximate surface area is 289 Å². The standard InChI is InChI=1S/C39H44FN3O5S/c1-3-48-35-22-24-36(25-23-35)49(46,47)43(34-20-14-29(2)15-21-34)28-38(44)42(27-31-16-18-32(40)19-17-31)37(26-30-10-6-4-7-11-30)39(45)41-33-12-8-5-9-13-33/h4,6-7,10-11,14-25,33,37H,3,5,8-9,12-13,26-28H2,1-2H3,(H,41,45)/t37-/m0/s1. The predicted molar refractivity (Wildman–Crippen MR) is 189 cm³/mol. The lowest BCUT2D eigenvalue weighted by Gasteiger charge is -2.35. The van der Waals surface area contributed by atoms with E-state index in [-0.39, 0.29) is 29.8 Å². The van der Waals surface area contributed by atoms with Crippen molar-refractivity contribution in [1.29, 1.82) is 0 Å². The summed E-state index contributed by atoms with van der Waals surface area (Å²) < 4.78 is 49.1. The number of carbonyl (C=O) groups is 2. The summed E-state index contributed by atoms with van der Waals surface area (Å²) >= 11 is 0. The lowest BCUT2D eigenvalue weighted by atomic mass is 9.94. The van der Waals surface area contributed by atoms with Crippen molar-refractivity contribution in [3.8, 4) is 5.75 Å². The molecule has 10 heteroatoms. The van der Waals surface area contributed by atoms with Crippen molar-refractivity contribution >= 4 is 27.5 Å². The van der Waals surface area contributed by atoms with Gasteiger partial charge in [-0.05, 0) is 86.3 Å². The van der Waals surface area contributed by atoms with E-state index in [4.69, 9.17) is 4.74 Å². The van der Waals surface area contributed by atoms with Crippen LogP contribution in [0.25, 0.3) is 0 Å². The van der Waals surface area contributed by atoms with Crippen molar-refractivity contribution in [2.24, 2.45) is 0 Å². The van der Waals surface area contributed by atoms with Gasteiger partial charge in [0.05, 0.1) is 17.2 Å². The summed E-state index contributed by atoms with van der Waals surface area (Å²) in [5.41, 5.74) is 2.68. The zero-order valence-corrected chi connectivity index (χ0v) is 28.9. The van der Waals surface area contributed by atoms with E-state index in [9.17, 15) is 22.4 Å². The molecule has 1 N–H and O–H groups in total. The van der Waals surface area contributed by atoms with Gasteiger partial charge in [-0.15, -0.1) is 0 Å². The molecule has 0 aliphatic heterocycles. The summed E-state index contributed by atoms with van der Waals surface area (Å²) in [6.45, 7) is 3.57. The molecule has 4 aromatic rings. The van der Waals surface area contributed by atoms with Crippen LogP contribution in [-0.4, -0.2) is 50.4 Å². The van der Waals surface area contributed by atoms with Gasteiger partial charge < -0.3 is 15.0 Å². The number of hydrogen-bond acceptors (Lipinski definition) is 5. The molecule has 5 rings (SSSR count). The highest BCUT2D eigenvalue weighted by Gasteiger charge is 2.35. The minimum absolute atomic E-state index is 0.00797. The number of sulfonamides is 1. The van der Waals surface area contributed by atoms with Crippen LogP contribution < -0.4 is 14.4 Å². The Balaban J connectivity index is 1.55. The highest BCUT2D eigenvalue weighted by Crippen LogP contribution is 2.27. The lowest BCUT2D eigenvalue weighted by molar-refractivity contribution is -0.140. The summed E-state index contributed by atoms with van der Waals surface area (Å²) in [5.74, 6) is -0.774. The number of anilines is 1. The maximum Gasteiger partial charge on any atom is 0.264 e. The van der Waals surface area contributed by atoms with Gasteiger partial charge >= 0.3 is 0 Å². The summed E-state index contributed by atoms with van der Waals surface area (Å²) in [7, 11) is -4.25. The number of halogens is 1. The van der Waals surface area contributed by atoms with E-state index in [0.717, 1.165) is 47.5 Å². The number of ether oxygens (including phenoxy) is 1. The van der Waals surface area contributed by atoms with Crippen molar-refractivity contribution in [2.45, 2.75) is 75.9 Å². The second-order valence-corrected chi connectivity index (χ2v) is 14.3. The quantitative estimate of drug-likeness (QED) is 0.157. The fourth-order valence-corrected chi connectivity index (χ4v) is 7.54. The maximum absolute atomic E-state index is 14.7. The molecule has 0 saturated heterocycles. The van der Waals surface area contributed by atoms with E-state index in [2.05, 4.69) is 5.32 Å². The van der Waals surface area contributed by atoms with E-state index in [0.29, 0.717) is 23.6 Å². The number of aryl methyl sites for hydroxylation is 1. The minimum Gasteiger partial charge on any atom is -0.494 e. The Morgan fingerprint density at radius 1 is 0.857 bits per heavy atom. The highest BCUT2D eigenvalue weighted by molar-refractivity contribution is 7.92. The van der Waals surface area contributed by atoms with Crippen LogP contribution in [0.2, 0.25) is 0 Å². The van der Waals surface area contributed by atoms with Gasteiger partial charge in [0.2, 0.25) is 11.8 Å². The highest BCUT2D eigenvalue weighted by atomic mass is 32.2. The number of hydrogen-bond donors (Lipinski definition) is 1. The average Bonchev–Trinajstić information content (AvgIpc) is 3.11. The van der Waals surface area contributed by atoms with E-state index in [1.807, 2.05) is 44.2 Å². The van der Waals surface area contributed by atoms with Crippen LogP contribution in [0.15, 0.2) is 108 Å². The Morgan fingerprint density at radius 2 is 1.51 bits per heavy atom. The molecule has 0 aromatic heterocycles. The zero-order chi connectivity index (χ0) is 34.8. The molecule has 2 amide bonds. The molecule has 1 atom stereocenters. The lowest BCUT2D eigenvalue weighted by Crippen LogP contribution is -2.55. The SMILES string of the molecule is CCOc1ccc(S(=O)(=O)N(CC(=O)N(Cc2ccc(F)cc2)[C@@H](Cc2ccccc2)C(=O)NC2CCCCC2)c2ccc(C)cc2)cc1. The van der Waals surface area contributed by atoms with Crippen molar-refractivity contribution in [1.82, 2.24) is 10.2 Å². The second-order valence-electron chi connectivity index (χ2n) is 12.4. The molecule has 1 aliphatic carbocycles. The summed E-state index contributed by atoms with van der Waals surface area (Å²) in [5, 5.41) is 3.20. The van der Waals surface area contributed by atoms with Gasteiger partial charge in [0, 0.05) is 19.0 Å². The minimum atomic E-state index is -4.25. The third-order valence-electron chi connectivity index (χ3n) is 8.81. The second kappa shape index (κ2) is 16.6. The first kappa shape index (κ1) is 35.6. The fourth-order valence-electron chi connectivity index (χ4n) is 6.13. The van der Waals surface area contributed by atoms with E-state index in [1.165, 1.54) is 29.2 Å². The number of nitrogens with one attached hydrogen (secondary N) is 1. The molecule has 0 unspecified atom stereocenters. The van der Waals surface area contributed by atoms with Gasteiger partial charge in [0.25, 0.3) is 10.0 Å². The molecule has 0 bridgehead atoms. The van der Waals surface area contributed by atoms with Crippen LogP contribution in [0.5, 0.6) is 5.75 Å². The molecule has 4 aromatic carbocycles. The molecule has 8 nitrogen and oxygen atoms in total. The Morgan fingerprint density at radius 3 is 2.14 bits per heavy atom. The molecular formula is C39H44FN3O5S. The molecule has 49 heavy (non-hydrogen) atoms. The van der Waals surface area contributed by atoms with Crippen LogP contribution in [-0.2, 0) is 32.6 Å². The van der Waals surface area contributed by atoms with Gasteiger partial charge in [0.1, 0.15) is 24.2 Å². The number of amides is 2. The molecule has 1 saturated carbocycles. The third-order valence-corrected chi connectivity index (χ3v) is 10.6. The van der Waals surface area contributed by atoms with Gasteiger partial charge in [-0.3, -0.25) is 13.9 Å². The normalized spacial score (nSPS) is 14.1. The molecule has 1 aliphatic rings. The summed E-state index contributed by atoms with van der Waals surface area (Å²) in [4.78, 5) is 30.3. The summed E-state index contributed by atoms with van der Waals surface area (Å²) in [6.07, 6.45) is 5.08. The first-order chi connectivity index (χ1) is 23.6. The molecule has 258 valence electrons. The largest absolute Gasteiger partial charge is 0.494 e. The first-order valence-corrected chi connectivity index (χ1v) is 18.3. The van der Waals surface area contributed by atoms with Crippen LogP contribution >= 0.6 is 0 Å².